The molecule has 2 N–H and O–H groups in total. The second-order valence-electron chi connectivity index (χ2n) is 7.18. The Morgan fingerprint density at radius 2 is 1.78 bits per heavy atom. The van der Waals surface area contributed by atoms with Crippen molar-refractivity contribution < 1.29 is 15.0 Å². The Hall–Kier alpha value is -2.85. The summed E-state index contributed by atoms with van der Waals surface area (Å²) < 4.78 is 0. The molecule has 0 atom stereocenters. The number of piperidine rings is 1. The van der Waals surface area contributed by atoms with Gasteiger partial charge in [-0.15, -0.1) is 0 Å². The number of carbonyl (C=O) groups is 1. The van der Waals surface area contributed by atoms with E-state index < -0.39 is 0 Å². The molecule has 138 valence electrons. The number of aliphatic hydroxyl groups is 1. The molecule has 1 heterocycles. The Labute approximate surface area is 158 Å². The van der Waals surface area contributed by atoms with Gasteiger partial charge < -0.3 is 15.1 Å². The topological polar surface area (TPSA) is 60.8 Å². The molecule has 4 heteroatoms. The molecule has 0 bridgehead atoms. The third kappa shape index (κ3) is 3.40. The first-order valence-corrected chi connectivity index (χ1v) is 9.38. The van der Waals surface area contributed by atoms with Gasteiger partial charge in [-0.3, -0.25) is 4.79 Å². The smallest absolute Gasteiger partial charge is 0.253 e. The minimum atomic E-state index is 0.00738. The van der Waals surface area contributed by atoms with Crippen LogP contribution in [0.15, 0.2) is 60.7 Å². The molecule has 1 aliphatic rings. The van der Waals surface area contributed by atoms with E-state index in [1.165, 1.54) is 0 Å². The van der Waals surface area contributed by atoms with E-state index in [9.17, 15) is 15.0 Å². The summed E-state index contributed by atoms with van der Waals surface area (Å²) in [6.07, 6.45) is 1.68. The van der Waals surface area contributed by atoms with Gasteiger partial charge in [0.15, 0.2) is 0 Å². The van der Waals surface area contributed by atoms with E-state index in [0.717, 1.165) is 34.7 Å². The Morgan fingerprint density at radius 3 is 2.56 bits per heavy atom. The molecule has 4 rings (SSSR count). The molecule has 1 saturated heterocycles. The van der Waals surface area contributed by atoms with Gasteiger partial charge in [-0.05, 0) is 53.3 Å². The Balaban J connectivity index is 1.68. The quantitative estimate of drug-likeness (QED) is 0.740. The number of carbonyl (C=O) groups excluding carboxylic acids is 1. The largest absolute Gasteiger partial charge is 0.507 e. The second-order valence-corrected chi connectivity index (χ2v) is 7.18. The van der Waals surface area contributed by atoms with Crippen molar-refractivity contribution in [2.45, 2.75) is 12.8 Å². The molecule has 1 aliphatic heterocycles. The van der Waals surface area contributed by atoms with E-state index in [2.05, 4.69) is 0 Å². The maximum absolute atomic E-state index is 12.9. The van der Waals surface area contributed by atoms with E-state index in [0.29, 0.717) is 24.6 Å². The van der Waals surface area contributed by atoms with E-state index in [4.69, 9.17) is 0 Å². The summed E-state index contributed by atoms with van der Waals surface area (Å²) in [5.41, 5.74) is 2.21. The average Bonchev–Trinajstić information content (AvgIpc) is 2.73. The predicted molar refractivity (Wildman–Crippen MR) is 107 cm³/mol. The summed E-state index contributed by atoms with van der Waals surface area (Å²) in [5, 5.41) is 21.8. The fourth-order valence-corrected chi connectivity index (χ4v) is 3.87. The minimum Gasteiger partial charge on any atom is -0.507 e. The number of rotatable bonds is 3. The van der Waals surface area contributed by atoms with Crippen LogP contribution in [-0.4, -0.2) is 40.7 Å². The Bertz CT molecular complexity index is 974. The Kier molecular flexibility index (Phi) is 4.82. The van der Waals surface area contributed by atoms with Crippen LogP contribution < -0.4 is 0 Å². The number of amides is 1. The van der Waals surface area contributed by atoms with Crippen LogP contribution in [0.25, 0.3) is 21.9 Å². The van der Waals surface area contributed by atoms with Crippen molar-refractivity contribution in [2.24, 2.45) is 5.92 Å². The van der Waals surface area contributed by atoms with Crippen LogP contribution in [0.1, 0.15) is 23.2 Å². The fraction of sp³-hybridized carbons (Fsp3) is 0.261. The summed E-state index contributed by atoms with van der Waals surface area (Å²) in [6, 6.07) is 19.0. The first-order chi connectivity index (χ1) is 13.2. The predicted octanol–water partition coefficient (Wildman–Crippen LogP) is 4.06. The highest BCUT2D eigenvalue weighted by molar-refractivity contribution is 6.01. The molecule has 0 aliphatic carbocycles. The number of hydrogen-bond donors (Lipinski definition) is 2. The zero-order valence-electron chi connectivity index (χ0n) is 15.1. The van der Waals surface area contributed by atoms with E-state index >= 15 is 0 Å². The van der Waals surface area contributed by atoms with Crippen molar-refractivity contribution in [2.75, 3.05) is 19.7 Å². The highest BCUT2D eigenvalue weighted by Crippen LogP contribution is 2.36. The van der Waals surface area contributed by atoms with Gasteiger partial charge in [-0.25, -0.2) is 0 Å². The normalized spacial score (nSPS) is 15.2. The molecule has 0 radical (unpaired) electrons. The molecular weight excluding hydrogens is 338 g/mol. The van der Waals surface area contributed by atoms with Crippen LogP contribution in [0, 0.1) is 5.92 Å². The maximum Gasteiger partial charge on any atom is 0.253 e. The lowest BCUT2D eigenvalue weighted by molar-refractivity contribution is 0.0651. The molecule has 0 aromatic heterocycles. The zero-order chi connectivity index (χ0) is 18.8. The average molecular weight is 361 g/mol. The number of phenols is 1. The standard InChI is InChI=1S/C23H23NO3/c25-15-16-10-12-24(13-11-16)23(27)19-6-3-5-18(14-19)22-20-7-2-1-4-17(20)8-9-21(22)26/h1-9,14,16,25-26H,10-13,15H2. The fourth-order valence-electron chi connectivity index (χ4n) is 3.87. The molecule has 3 aromatic rings. The summed E-state index contributed by atoms with van der Waals surface area (Å²) in [6.45, 7) is 1.54. The van der Waals surface area contributed by atoms with E-state index in [1.54, 1.807) is 6.07 Å². The van der Waals surface area contributed by atoms with Gasteiger partial charge in [-0.1, -0.05) is 42.5 Å². The number of fused-ring (bicyclic) bond motifs is 1. The van der Waals surface area contributed by atoms with Crippen LogP contribution in [0.3, 0.4) is 0 Å². The van der Waals surface area contributed by atoms with Crippen molar-refractivity contribution >= 4 is 16.7 Å². The summed E-state index contributed by atoms with van der Waals surface area (Å²) in [7, 11) is 0. The molecule has 3 aromatic carbocycles. The third-order valence-corrected chi connectivity index (χ3v) is 5.47. The van der Waals surface area contributed by atoms with E-state index in [-0.39, 0.29) is 18.3 Å². The van der Waals surface area contributed by atoms with Gasteiger partial charge in [0.05, 0.1) is 0 Å². The molecule has 0 spiro atoms. The van der Waals surface area contributed by atoms with Gasteiger partial charge in [-0.2, -0.15) is 0 Å². The van der Waals surface area contributed by atoms with Crippen LogP contribution in [0.4, 0.5) is 0 Å². The highest BCUT2D eigenvalue weighted by atomic mass is 16.3. The number of aromatic hydroxyl groups is 1. The van der Waals surface area contributed by atoms with Crippen molar-refractivity contribution in [3.05, 3.63) is 66.2 Å². The van der Waals surface area contributed by atoms with Gasteiger partial charge in [0.1, 0.15) is 5.75 Å². The Morgan fingerprint density at radius 1 is 1.00 bits per heavy atom. The summed E-state index contributed by atoms with van der Waals surface area (Å²) in [5.74, 6) is 0.517. The second kappa shape index (κ2) is 7.41. The molecular formula is C23H23NO3. The molecule has 27 heavy (non-hydrogen) atoms. The molecule has 1 fully saturated rings. The lowest BCUT2D eigenvalue weighted by atomic mass is 9.95. The van der Waals surface area contributed by atoms with Crippen molar-refractivity contribution in [1.29, 1.82) is 0 Å². The lowest BCUT2D eigenvalue weighted by Crippen LogP contribution is -2.39. The van der Waals surface area contributed by atoms with Gasteiger partial charge in [0.2, 0.25) is 0 Å². The summed E-state index contributed by atoms with van der Waals surface area (Å²) >= 11 is 0. The summed E-state index contributed by atoms with van der Waals surface area (Å²) in [4.78, 5) is 14.8. The zero-order valence-corrected chi connectivity index (χ0v) is 15.1. The van der Waals surface area contributed by atoms with Crippen molar-refractivity contribution in [3.8, 4) is 16.9 Å². The van der Waals surface area contributed by atoms with Crippen LogP contribution in [0.2, 0.25) is 0 Å². The number of aliphatic hydroxyl groups excluding tert-OH is 1. The van der Waals surface area contributed by atoms with Gasteiger partial charge >= 0.3 is 0 Å². The maximum atomic E-state index is 12.9. The third-order valence-electron chi connectivity index (χ3n) is 5.47. The molecule has 4 nitrogen and oxygen atoms in total. The van der Waals surface area contributed by atoms with Crippen LogP contribution in [0.5, 0.6) is 5.75 Å². The van der Waals surface area contributed by atoms with Crippen LogP contribution in [-0.2, 0) is 0 Å². The van der Waals surface area contributed by atoms with Gasteiger partial charge in [0, 0.05) is 30.8 Å². The first-order valence-electron chi connectivity index (χ1n) is 9.38. The van der Waals surface area contributed by atoms with Crippen LogP contribution >= 0.6 is 0 Å². The minimum absolute atomic E-state index is 0.00738. The number of likely N-dealkylation sites (tertiary alicyclic amines) is 1. The lowest BCUT2D eigenvalue weighted by Gasteiger charge is -2.31. The number of nitrogens with zero attached hydrogens (tertiary/aromatic N) is 1. The number of benzene rings is 3. The van der Waals surface area contributed by atoms with E-state index in [1.807, 2.05) is 59.5 Å². The first kappa shape index (κ1) is 17.6. The molecule has 0 unspecified atom stereocenters. The monoisotopic (exact) mass is 361 g/mol. The number of phenolic OH excluding ortho intramolecular Hbond substituents is 1. The van der Waals surface area contributed by atoms with Crippen molar-refractivity contribution in [1.82, 2.24) is 4.90 Å². The number of hydrogen-bond acceptors (Lipinski definition) is 3. The molecule has 1 amide bonds. The van der Waals surface area contributed by atoms with Crippen molar-refractivity contribution in [3.63, 3.8) is 0 Å². The molecule has 0 saturated carbocycles. The van der Waals surface area contributed by atoms with Gasteiger partial charge in [0.25, 0.3) is 5.91 Å². The SMILES string of the molecule is O=C(c1cccc(-c2c(O)ccc3ccccc23)c1)N1CCC(CO)CC1. The highest BCUT2D eigenvalue weighted by Gasteiger charge is 2.23.